The van der Waals surface area contributed by atoms with E-state index in [1.807, 2.05) is 24.3 Å². The van der Waals surface area contributed by atoms with Crippen molar-refractivity contribution in [2.75, 3.05) is 30.3 Å². The SMILES string of the molecule is C=S1(=O)C[C@@H]2C[C@@H]2/C=C/[C@H](O)[C@@H]2CC[C@H]2CN2C[C@@]3(CCCc4cc(Cl)ccc43)COc3ccc(cc32)C(=O)N1. The molecule has 5 aliphatic rings. The summed E-state index contributed by atoms with van der Waals surface area (Å²) in [6, 6.07) is 11.8. The number of carbonyl (C=O) groups is 1. The molecular weight excluding hydrogens is 544 g/mol. The van der Waals surface area contributed by atoms with Gasteiger partial charge in [0.25, 0.3) is 5.91 Å². The fraction of sp³-hybridized carbons (Fsp3) is 0.500. The maximum Gasteiger partial charge on any atom is 0.262 e. The molecule has 1 amide bonds. The smallest absolute Gasteiger partial charge is 0.262 e. The van der Waals surface area contributed by atoms with Gasteiger partial charge < -0.3 is 14.7 Å². The summed E-state index contributed by atoms with van der Waals surface area (Å²) in [6.07, 6.45) is 9.61. The maximum atomic E-state index is 13.3. The monoisotopic (exact) mass is 580 g/mol. The van der Waals surface area contributed by atoms with Crippen LogP contribution in [0.1, 0.15) is 53.6 Å². The van der Waals surface area contributed by atoms with Crippen LogP contribution in [0.4, 0.5) is 5.69 Å². The van der Waals surface area contributed by atoms with E-state index in [2.05, 4.69) is 33.7 Å². The largest absolute Gasteiger partial charge is 0.490 e. The van der Waals surface area contributed by atoms with E-state index in [0.717, 1.165) is 68.1 Å². The molecule has 212 valence electrons. The van der Waals surface area contributed by atoms with Gasteiger partial charge >= 0.3 is 0 Å². The van der Waals surface area contributed by atoms with Crippen LogP contribution < -0.4 is 14.4 Å². The number of hydrogen-bond acceptors (Lipinski definition) is 5. The highest BCUT2D eigenvalue weighted by molar-refractivity contribution is 7.99. The van der Waals surface area contributed by atoms with Gasteiger partial charge in [-0.15, -0.1) is 0 Å². The van der Waals surface area contributed by atoms with Crippen LogP contribution in [0.5, 0.6) is 5.75 Å². The Morgan fingerprint density at radius 2 is 2.02 bits per heavy atom. The molecule has 3 aliphatic carbocycles. The van der Waals surface area contributed by atoms with E-state index in [0.29, 0.717) is 23.8 Å². The lowest BCUT2D eigenvalue weighted by molar-refractivity contribution is 0.0455. The third kappa shape index (κ3) is 4.84. The van der Waals surface area contributed by atoms with E-state index in [1.54, 1.807) is 6.07 Å². The molecule has 7 atom stereocenters. The zero-order valence-corrected chi connectivity index (χ0v) is 24.3. The van der Waals surface area contributed by atoms with Gasteiger partial charge in [-0.05, 0) is 110 Å². The van der Waals surface area contributed by atoms with E-state index in [4.69, 9.17) is 16.3 Å². The van der Waals surface area contributed by atoms with Gasteiger partial charge in [0.05, 0.1) is 18.4 Å². The Kier molecular flexibility index (Phi) is 6.48. The number of carbonyl (C=O) groups excluding carboxylic acids is 1. The number of fused-ring (bicyclic) bond motifs is 5. The first-order valence-electron chi connectivity index (χ1n) is 14.5. The number of amides is 1. The van der Waals surface area contributed by atoms with Crippen LogP contribution in [0.2, 0.25) is 5.02 Å². The van der Waals surface area contributed by atoms with Gasteiger partial charge in [0.2, 0.25) is 0 Å². The second kappa shape index (κ2) is 9.81. The molecule has 8 heteroatoms. The van der Waals surface area contributed by atoms with Crippen LogP contribution in [0.3, 0.4) is 0 Å². The molecule has 1 unspecified atom stereocenters. The molecule has 2 aromatic carbocycles. The number of nitrogens with zero attached hydrogens (tertiary/aromatic N) is 1. The molecule has 7 rings (SSSR count). The number of halogens is 1. The van der Waals surface area contributed by atoms with Gasteiger partial charge in [-0.25, -0.2) is 4.21 Å². The standard InChI is InChI=1S/C32H37ClN2O4S/c1-40(38)17-24-13-20(24)5-10-29(36)26-8-4-23(26)16-35-18-32(12-2-3-21-14-25(33)7-9-27(21)32)19-39-30-11-6-22(15-28(30)35)31(37)34-40/h5-7,9-11,14-15,20,23-24,26,29,36H,1-4,8,12-13,16-19H2,(H,34,37,38)/b10-5+/t20-,23-,24-,26+,29-,32-,40?/m0/s1. The number of aliphatic hydroxyl groups is 1. The number of nitrogens with one attached hydrogen (secondary N) is 1. The Bertz CT molecular complexity index is 1490. The Morgan fingerprint density at radius 3 is 2.85 bits per heavy atom. The minimum Gasteiger partial charge on any atom is -0.490 e. The van der Waals surface area contributed by atoms with Crippen molar-refractivity contribution in [2.24, 2.45) is 23.7 Å². The first-order chi connectivity index (χ1) is 19.2. The van der Waals surface area contributed by atoms with Crippen LogP contribution in [0.15, 0.2) is 48.6 Å². The van der Waals surface area contributed by atoms with Crippen molar-refractivity contribution >= 4 is 38.8 Å². The number of rotatable bonds is 0. The first-order valence-corrected chi connectivity index (χ1v) is 16.8. The average Bonchev–Trinajstić information content (AvgIpc) is 3.65. The number of aryl methyl sites for hydroxylation is 1. The number of allylic oxidation sites excluding steroid dienone is 1. The van der Waals surface area contributed by atoms with Crippen molar-refractivity contribution in [2.45, 2.75) is 50.0 Å². The normalized spacial score (nSPS) is 37.5. The number of anilines is 1. The van der Waals surface area contributed by atoms with Gasteiger partial charge in [0.1, 0.15) is 5.75 Å². The minimum atomic E-state index is -2.79. The van der Waals surface area contributed by atoms with Gasteiger partial charge in [0.15, 0.2) is 0 Å². The van der Waals surface area contributed by atoms with E-state index >= 15 is 0 Å². The summed E-state index contributed by atoms with van der Waals surface area (Å²) in [5.74, 6) is 5.67. The lowest BCUT2D eigenvalue weighted by atomic mass is 9.68. The third-order valence-electron chi connectivity index (χ3n) is 9.96. The van der Waals surface area contributed by atoms with E-state index in [1.165, 1.54) is 11.1 Å². The van der Waals surface area contributed by atoms with Crippen molar-refractivity contribution in [3.63, 3.8) is 0 Å². The molecule has 2 saturated carbocycles. The van der Waals surface area contributed by atoms with Crippen molar-refractivity contribution < 1.29 is 18.8 Å². The molecule has 2 bridgehead atoms. The molecule has 40 heavy (non-hydrogen) atoms. The number of hydrogen-bond donors (Lipinski definition) is 2. The summed E-state index contributed by atoms with van der Waals surface area (Å²) in [6.45, 7) is 2.08. The molecule has 1 spiro atoms. The molecule has 0 saturated heterocycles. The molecule has 0 radical (unpaired) electrons. The average molecular weight is 581 g/mol. The minimum absolute atomic E-state index is 0.200. The number of aliphatic hydroxyl groups excluding tert-OH is 1. The molecular formula is C32H37ClN2O4S. The third-order valence-corrected chi connectivity index (χ3v) is 11.7. The quantitative estimate of drug-likeness (QED) is 0.347. The predicted octanol–water partition coefficient (Wildman–Crippen LogP) is 4.77. The van der Waals surface area contributed by atoms with Crippen LogP contribution in [-0.4, -0.2) is 52.6 Å². The highest BCUT2D eigenvalue weighted by Crippen LogP contribution is 2.47. The second-order valence-corrected chi connectivity index (χ2v) is 15.3. The van der Waals surface area contributed by atoms with Crippen LogP contribution >= 0.6 is 11.6 Å². The zero-order chi connectivity index (χ0) is 27.6. The van der Waals surface area contributed by atoms with E-state index in [-0.39, 0.29) is 29.1 Å². The van der Waals surface area contributed by atoms with Crippen molar-refractivity contribution in [1.29, 1.82) is 0 Å². The van der Waals surface area contributed by atoms with Crippen molar-refractivity contribution in [1.82, 2.24) is 4.72 Å². The van der Waals surface area contributed by atoms with Crippen LogP contribution in [-0.2, 0) is 21.5 Å². The Labute approximate surface area is 241 Å². The maximum absolute atomic E-state index is 13.3. The summed E-state index contributed by atoms with van der Waals surface area (Å²) in [7, 11) is -2.79. The molecule has 2 heterocycles. The van der Waals surface area contributed by atoms with Gasteiger partial charge in [-0.3, -0.25) is 9.52 Å². The molecule has 2 N–H and O–H groups in total. The Hall–Kier alpha value is -2.48. The summed E-state index contributed by atoms with van der Waals surface area (Å²) < 4.78 is 22.6. The summed E-state index contributed by atoms with van der Waals surface area (Å²) >= 11 is 6.39. The highest BCUT2D eigenvalue weighted by Gasteiger charge is 2.44. The Balaban J connectivity index is 1.29. The molecule has 6 nitrogen and oxygen atoms in total. The van der Waals surface area contributed by atoms with E-state index in [9.17, 15) is 14.1 Å². The first kappa shape index (κ1) is 26.4. The van der Waals surface area contributed by atoms with Crippen molar-refractivity contribution in [3.8, 4) is 5.75 Å². The molecule has 2 fully saturated rings. The van der Waals surface area contributed by atoms with E-state index < -0.39 is 15.8 Å². The summed E-state index contributed by atoms with van der Waals surface area (Å²) in [4.78, 5) is 15.7. The number of benzene rings is 2. The molecule has 2 aromatic rings. The predicted molar refractivity (Wildman–Crippen MR) is 161 cm³/mol. The molecule has 0 aromatic heterocycles. The number of ether oxygens (including phenoxy) is 1. The highest BCUT2D eigenvalue weighted by atomic mass is 35.5. The zero-order valence-electron chi connectivity index (χ0n) is 22.7. The molecule has 2 aliphatic heterocycles. The van der Waals surface area contributed by atoms with Gasteiger partial charge in [-0.1, -0.05) is 29.8 Å². The van der Waals surface area contributed by atoms with Crippen molar-refractivity contribution in [3.05, 3.63) is 70.3 Å². The van der Waals surface area contributed by atoms with Crippen LogP contribution in [0, 0.1) is 23.7 Å². The van der Waals surface area contributed by atoms with Gasteiger partial charge in [0, 0.05) is 44.6 Å². The van der Waals surface area contributed by atoms with Crippen LogP contribution in [0.25, 0.3) is 0 Å². The fourth-order valence-electron chi connectivity index (χ4n) is 7.52. The Morgan fingerprint density at radius 1 is 1.15 bits per heavy atom. The lowest BCUT2D eigenvalue weighted by Crippen LogP contribution is -2.49. The summed E-state index contributed by atoms with van der Waals surface area (Å²) in [5.41, 5.74) is 3.71. The summed E-state index contributed by atoms with van der Waals surface area (Å²) in [5, 5.41) is 11.9. The topological polar surface area (TPSA) is 78.9 Å². The second-order valence-electron chi connectivity index (χ2n) is 12.7. The fourth-order valence-corrected chi connectivity index (χ4v) is 9.33. The van der Waals surface area contributed by atoms with Gasteiger partial charge in [-0.2, -0.15) is 0 Å². The lowest BCUT2D eigenvalue weighted by Gasteiger charge is -2.45.